The highest BCUT2D eigenvalue weighted by Gasteiger charge is 2.61. The van der Waals surface area contributed by atoms with Crippen LogP contribution in [0.1, 0.15) is 37.1 Å². The first-order valence-electron chi connectivity index (χ1n) is 11.7. The van der Waals surface area contributed by atoms with Crippen molar-refractivity contribution in [3.05, 3.63) is 77.9 Å². The fourth-order valence-electron chi connectivity index (χ4n) is 4.77. The maximum Gasteiger partial charge on any atom is 0.451 e. The molecule has 1 spiro atoms. The van der Waals surface area contributed by atoms with Crippen LogP contribution in [-0.4, -0.2) is 40.2 Å². The highest BCUT2D eigenvalue weighted by atomic mass is 32.2. The first kappa shape index (κ1) is 26.2. The molecule has 2 aliphatic rings. The molecule has 13 heteroatoms. The van der Waals surface area contributed by atoms with Crippen molar-refractivity contribution in [2.45, 2.75) is 54.9 Å². The molecule has 1 aromatic heterocycles. The SMILES string of the molecule is O=C(NCc1cc(-c2cnc(C(F)(F)F)nc2)ccc1F)[C@@H]1CCC2(CC2)N1S(=O)(=O)c1ccc(F)cc1. The number of carbonyl (C=O) groups is 1. The minimum Gasteiger partial charge on any atom is -0.351 e. The number of amides is 1. The lowest BCUT2D eigenvalue weighted by Crippen LogP contribution is -2.49. The third-order valence-electron chi connectivity index (χ3n) is 6.87. The first-order chi connectivity index (χ1) is 17.9. The number of alkyl halides is 3. The molecule has 1 aliphatic heterocycles. The molecule has 0 unspecified atom stereocenters. The third-order valence-corrected chi connectivity index (χ3v) is 8.90. The van der Waals surface area contributed by atoms with Gasteiger partial charge in [-0.2, -0.15) is 17.5 Å². The van der Waals surface area contributed by atoms with Gasteiger partial charge in [-0.25, -0.2) is 27.2 Å². The molecule has 2 fully saturated rings. The van der Waals surface area contributed by atoms with Gasteiger partial charge >= 0.3 is 6.18 Å². The summed E-state index contributed by atoms with van der Waals surface area (Å²) in [6.07, 6.45) is -0.796. The van der Waals surface area contributed by atoms with Crippen molar-refractivity contribution in [2.75, 3.05) is 0 Å². The molecule has 1 saturated heterocycles. The quantitative estimate of drug-likeness (QED) is 0.457. The Bertz CT molecular complexity index is 1470. The Hall–Kier alpha value is -3.45. The molecule has 0 bridgehead atoms. The van der Waals surface area contributed by atoms with Gasteiger partial charge in [0, 0.05) is 35.6 Å². The largest absolute Gasteiger partial charge is 0.451 e. The zero-order valence-electron chi connectivity index (χ0n) is 19.7. The zero-order valence-corrected chi connectivity index (χ0v) is 20.5. The molecule has 38 heavy (non-hydrogen) atoms. The van der Waals surface area contributed by atoms with Crippen LogP contribution < -0.4 is 5.32 Å². The van der Waals surface area contributed by atoms with E-state index in [1.165, 1.54) is 16.4 Å². The topological polar surface area (TPSA) is 92.3 Å². The molecule has 3 aromatic rings. The first-order valence-corrected chi connectivity index (χ1v) is 13.1. The predicted molar refractivity (Wildman–Crippen MR) is 125 cm³/mol. The minimum atomic E-state index is -4.70. The van der Waals surface area contributed by atoms with Gasteiger partial charge in [-0.15, -0.1) is 0 Å². The van der Waals surface area contributed by atoms with Crippen molar-refractivity contribution in [1.82, 2.24) is 19.6 Å². The van der Waals surface area contributed by atoms with Crippen molar-refractivity contribution in [3.63, 3.8) is 0 Å². The van der Waals surface area contributed by atoms with E-state index in [9.17, 15) is 35.2 Å². The van der Waals surface area contributed by atoms with Crippen molar-refractivity contribution >= 4 is 15.9 Å². The highest BCUT2D eigenvalue weighted by molar-refractivity contribution is 7.89. The van der Waals surface area contributed by atoms with Gasteiger partial charge in [0.25, 0.3) is 0 Å². The Morgan fingerprint density at radius 1 is 1.00 bits per heavy atom. The normalized spacial score (nSPS) is 19.0. The Morgan fingerprint density at radius 3 is 2.26 bits per heavy atom. The fourth-order valence-corrected chi connectivity index (χ4v) is 6.80. The second-order valence-corrected chi connectivity index (χ2v) is 11.2. The molecule has 0 radical (unpaired) electrons. The summed E-state index contributed by atoms with van der Waals surface area (Å²) in [5.41, 5.74) is -0.0673. The molecular formula is C25H21F5N4O3S. The summed E-state index contributed by atoms with van der Waals surface area (Å²) < 4.78 is 94.1. The van der Waals surface area contributed by atoms with Gasteiger partial charge in [0.2, 0.25) is 21.8 Å². The molecule has 1 N–H and O–H groups in total. The Labute approximate surface area is 214 Å². The summed E-state index contributed by atoms with van der Waals surface area (Å²) in [5, 5.41) is 2.59. The smallest absolute Gasteiger partial charge is 0.351 e. The fraction of sp³-hybridized carbons (Fsp3) is 0.320. The number of benzene rings is 2. The molecule has 2 heterocycles. The molecule has 1 amide bonds. The molecule has 200 valence electrons. The van der Waals surface area contributed by atoms with Crippen LogP contribution in [0.4, 0.5) is 22.0 Å². The monoisotopic (exact) mass is 552 g/mol. The number of hydrogen-bond acceptors (Lipinski definition) is 5. The average Bonchev–Trinajstić information content (AvgIpc) is 3.54. The van der Waals surface area contributed by atoms with Crippen LogP contribution >= 0.6 is 0 Å². The van der Waals surface area contributed by atoms with Crippen LogP contribution in [0.25, 0.3) is 11.1 Å². The van der Waals surface area contributed by atoms with Gasteiger partial charge in [0.05, 0.1) is 4.90 Å². The van der Waals surface area contributed by atoms with Crippen LogP contribution in [0.5, 0.6) is 0 Å². The van der Waals surface area contributed by atoms with Gasteiger partial charge < -0.3 is 5.32 Å². The maximum absolute atomic E-state index is 14.5. The van der Waals surface area contributed by atoms with Crippen molar-refractivity contribution < 1.29 is 35.2 Å². The van der Waals surface area contributed by atoms with Gasteiger partial charge in [0.1, 0.15) is 17.7 Å². The number of rotatable bonds is 6. The number of halogens is 5. The summed E-state index contributed by atoms with van der Waals surface area (Å²) in [4.78, 5) is 19.6. The summed E-state index contributed by atoms with van der Waals surface area (Å²) in [6, 6.07) is 7.16. The van der Waals surface area contributed by atoms with E-state index in [0.29, 0.717) is 24.8 Å². The van der Waals surface area contributed by atoms with E-state index in [0.717, 1.165) is 42.7 Å². The summed E-state index contributed by atoms with van der Waals surface area (Å²) >= 11 is 0. The summed E-state index contributed by atoms with van der Waals surface area (Å²) in [7, 11) is -4.10. The van der Waals surface area contributed by atoms with E-state index in [-0.39, 0.29) is 29.0 Å². The number of nitrogens with zero attached hydrogens (tertiary/aromatic N) is 3. The minimum absolute atomic E-state index is 0.0443. The molecular weight excluding hydrogens is 531 g/mol. The van der Waals surface area contributed by atoms with E-state index in [4.69, 9.17) is 0 Å². The number of nitrogens with one attached hydrogen (secondary N) is 1. The van der Waals surface area contributed by atoms with Crippen LogP contribution in [0.15, 0.2) is 59.8 Å². The average molecular weight is 553 g/mol. The maximum atomic E-state index is 14.5. The standard InChI is InChI=1S/C25H21F5N4O3S/c26-18-2-4-19(5-3-18)38(36,37)34-21(7-8-24(34)9-10-24)22(35)31-12-16-11-15(1-6-20(16)27)17-13-32-23(33-14-17)25(28,29)30/h1-6,11,13-14,21H,7-10,12H2,(H,31,35)/t21-/m0/s1. The van der Waals surface area contributed by atoms with Crippen molar-refractivity contribution in [1.29, 1.82) is 0 Å². The third kappa shape index (κ3) is 4.87. The molecule has 5 rings (SSSR count). The lowest BCUT2D eigenvalue weighted by molar-refractivity contribution is -0.145. The lowest BCUT2D eigenvalue weighted by atomic mass is 10.0. The number of hydrogen-bond donors (Lipinski definition) is 1. The van der Waals surface area contributed by atoms with Crippen LogP contribution in [-0.2, 0) is 27.5 Å². The van der Waals surface area contributed by atoms with Crippen molar-refractivity contribution in [2.24, 2.45) is 0 Å². The molecule has 7 nitrogen and oxygen atoms in total. The Balaban J connectivity index is 1.34. The number of carbonyl (C=O) groups excluding carboxylic acids is 1. The predicted octanol–water partition coefficient (Wildman–Crippen LogP) is 4.44. The molecule has 1 aliphatic carbocycles. The van der Waals surface area contributed by atoms with E-state index in [2.05, 4.69) is 15.3 Å². The van der Waals surface area contributed by atoms with Crippen LogP contribution in [0, 0.1) is 11.6 Å². The van der Waals surface area contributed by atoms with E-state index >= 15 is 0 Å². The molecule has 1 atom stereocenters. The van der Waals surface area contributed by atoms with E-state index in [1.807, 2.05) is 0 Å². The Kier molecular flexibility index (Phi) is 6.46. The lowest BCUT2D eigenvalue weighted by Gasteiger charge is -2.29. The number of aromatic nitrogens is 2. The van der Waals surface area contributed by atoms with Crippen LogP contribution in [0.2, 0.25) is 0 Å². The second kappa shape index (κ2) is 9.38. The highest BCUT2D eigenvalue weighted by Crippen LogP contribution is 2.54. The van der Waals surface area contributed by atoms with E-state index < -0.39 is 51.1 Å². The summed E-state index contributed by atoms with van der Waals surface area (Å²) in [5.74, 6) is -3.17. The van der Waals surface area contributed by atoms with Gasteiger partial charge in [-0.05, 0) is 67.6 Å². The second-order valence-electron chi connectivity index (χ2n) is 9.35. The molecule has 2 aromatic carbocycles. The van der Waals surface area contributed by atoms with E-state index in [1.54, 1.807) is 0 Å². The molecule has 1 saturated carbocycles. The van der Waals surface area contributed by atoms with Gasteiger partial charge in [-0.1, -0.05) is 6.07 Å². The van der Waals surface area contributed by atoms with Gasteiger partial charge in [-0.3, -0.25) is 4.79 Å². The zero-order chi connectivity index (χ0) is 27.3. The van der Waals surface area contributed by atoms with Crippen molar-refractivity contribution in [3.8, 4) is 11.1 Å². The summed E-state index contributed by atoms with van der Waals surface area (Å²) in [6.45, 7) is -0.284. The van der Waals surface area contributed by atoms with Gasteiger partial charge in [0.15, 0.2) is 0 Å². The Morgan fingerprint density at radius 2 is 1.66 bits per heavy atom. The van der Waals surface area contributed by atoms with Crippen LogP contribution in [0.3, 0.4) is 0 Å². The number of sulfonamides is 1.